The fourth-order valence-corrected chi connectivity index (χ4v) is 0.101. The summed E-state index contributed by atoms with van der Waals surface area (Å²) in [6.07, 6.45) is 0. The summed E-state index contributed by atoms with van der Waals surface area (Å²) in [5, 5.41) is 21.8. The van der Waals surface area contributed by atoms with Crippen molar-refractivity contribution in [3.05, 3.63) is 0 Å². The summed E-state index contributed by atoms with van der Waals surface area (Å²) in [7, 11) is 2.38. The van der Waals surface area contributed by atoms with E-state index in [0.29, 0.717) is 0 Å². The third-order valence-corrected chi connectivity index (χ3v) is 0.275. The molecule has 0 saturated heterocycles. The average Bonchev–Trinajstić information content (AvgIpc) is 1.97. The summed E-state index contributed by atoms with van der Waals surface area (Å²) in [5.41, 5.74) is 0. The molecule has 0 radical (unpaired) electrons. The van der Waals surface area contributed by atoms with Crippen LogP contribution < -0.4 is 37.7 Å². The van der Waals surface area contributed by atoms with E-state index in [-0.39, 0.29) is 40.6 Å². The Morgan fingerprint density at radius 3 is 1.08 bits per heavy atom. The Labute approximate surface area is 95.1 Å². The molecule has 0 aromatic heterocycles. The first-order chi connectivity index (χ1) is 4.91. The van der Waals surface area contributed by atoms with Crippen LogP contribution >= 0.6 is 0 Å². The van der Waals surface area contributed by atoms with Crippen LogP contribution in [0.1, 0.15) is 2.85 Å². The van der Waals surface area contributed by atoms with Crippen molar-refractivity contribution in [1.29, 1.82) is 0 Å². The second-order valence-electron chi connectivity index (χ2n) is 0.742. The van der Waals surface area contributed by atoms with Gasteiger partial charge in [-0.2, -0.15) is 0 Å². The maximum absolute atomic E-state index is 3.89. The van der Waals surface area contributed by atoms with Gasteiger partial charge in [0.1, 0.15) is 0 Å². The monoisotopic (exact) mass is 174 g/mol. The Morgan fingerprint density at radius 2 is 0.833 bits per heavy atom. The Bertz CT molecular complexity index is 63.3. The standard InChI is InChI=1S/C2H6O8.2Li.2H/c1-3-5-7-9-10-8-6-4-2;;;;/h1-2H3;;;;/q;2*+1;2*-1. The molecule has 0 heterocycles. The molecule has 0 N–H and O–H groups in total. The van der Waals surface area contributed by atoms with Gasteiger partial charge in [-0.05, 0) is 30.2 Å². The van der Waals surface area contributed by atoms with Crippen molar-refractivity contribution in [2.45, 2.75) is 0 Å². The van der Waals surface area contributed by atoms with Crippen molar-refractivity contribution in [2.24, 2.45) is 0 Å². The molecule has 0 saturated carbocycles. The molecule has 0 aliphatic carbocycles. The van der Waals surface area contributed by atoms with Gasteiger partial charge in [0.25, 0.3) is 0 Å². The fourth-order valence-electron chi connectivity index (χ4n) is 0.101. The van der Waals surface area contributed by atoms with E-state index >= 15 is 0 Å². The first-order valence-corrected chi connectivity index (χ1v) is 1.98. The molecule has 0 fully saturated rings. The summed E-state index contributed by atoms with van der Waals surface area (Å²) in [6.45, 7) is 0. The van der Waals surface area contributed by atoms with E-state index < -0.39 is 0 Å². The van der Waals surface area contributed by atoms with Crippen LogP contribution in [0.3, 0.4) is 0 Å². The fraction of sp³-hybridized carbons (Fsp3) is 1.00. The van der Waals surface area contributed by atoms with Gasteiger partial charge in [-0.15, -0.1) is 0 Å². The molecule has 8 nitrogen and oxygen atoms in total. The number of rotatable bonds is 7. The number of hydrogen-bond acceptors (Lipinski definition) is 8. The molecule has 0 unspecified atom stereocenters. The van der Waals surface area contributed by atoms with Gasteiger partial charge in [0.15, 0.2) is 0 Å². The van der Waals surface area contributed by atoms with Crippen LogP contribution in [0, 0.1) is 0 Å². The van der Waals surface area contributed by atoms with Crippen LogP contribution in [0.4, 0.5) is 0 Å². The minimum atomic E-state index is 0. The zero-order valence-electron chi connectivity index (χ0n) is 9.27. The Kier molecular flexibility index (Phi) is 27.7. The molecule has 0 aromatic rings. The summed E-state index contributed by atoms with van der Waals surface area (Å²) in [6, 6.07) is 0. The zero-order chi connectivity index (χ0) is 7.66. The third kappa shape index (κ3) is 17.1. The van der Waals surface area contributed by atoms with E-state index in [0.717, 1.165) is 0 Å². The van der Waals surface area contributed by atoms with Crippen LogP contribution in [0.15, 0.2) is 0 Å². The molecule has 0 aromatic carbocycles. The van der Waals surface area contributed by atoms with Gasteiger partial charge < -0.3 is 2.85 Å². The number of hydrogen-bond donors (Lipinski definition) is 0. The maximum Gasteiger partial charge on any atom is 1.00 e. The van der Waals surface area contributed by atoms with Gasteiger partial charge in [-0.25, -0.2) is 9.78 Å². The quantitative estimate of drug-likeness (QED) is 0.163. The summed E-state index contributed by atoms with van der Waals surface area (Å²) in [4.78, 5) is 7.79. The predicted molar refractivity (Wildman–Crippen MR) is 22.8 cm³/mol. The molecule has 0 aliphatic heterocycles. The molecule has 66 valence electrons. The topological polar surface area (TPSA) is 73.8 Å². The summed E-state index contributed by atoms with van der Waals surface area (Å²) in [5.74, 6) is 0. The van der Waals surface area contributed by atoms with Gasteiger partial charge in [0, 0.05) is 0 Å². The summed E-state index contributed by atoms with van der Waals surface area (Å²) < 4.78 is 0. The summed E-state index contributed by atoms with van der Waals surface area (Å²) >= 11 is 0. The average molecular weight is 174 g/mol. The van der Waals surface area contributed by atoms with Gasteiger partial charge in [-0.3, -0.25) is 0 Å². The molecule has 10 heteroatoms. The largest absolute Gasteiger partial charge is 1.00 e. The molecule has 0 bridgehead atoms. The first-order valence-electron chi connectivity index (χ1n) is 1.98. The van der Waals surface area contributed by atoms with E-state index in [1.165, 1.54) is 14.2 Å². The van der Waals surface area contributed by atoms with Gasteiger partial charge in [-0.1, -0.05) is 0 Å². The zero-order valence-corrected chi connectivity index (χ0v) is 7.27. The normalized spacial score (nSPS) is 8.50. The van der Waals surface area contributed by atoms with Crippen molar-refractivity contribution >= 4 is 0 Å². The molecule has 0 atom stereocenters. The Balaban J connectivity index is -0.0000000675. The molecular weight excluding hydrogens is 166 g/mol. The van der Waals surface area contributed by atoms with E-state index in [9.17, 15) is 0 Å². The van der Waals surface area contributed by atoms with Crippen molar-refractivity contribution in [2.75, 3.05) is 14.2 Å². The van der Waals surface area contributed by atoms with E-state index in [1.54, 1.807) is 0 Å². The second-order valence-corrected chi connectivity index (χ2v) is 0.742. The van der Waals surface area contributed by atoms with Crippen molar-refractivity contribution in [1.82, 2.24) is 0 Å². The molecule has 0 amide bonds. The maximum atomic E-state index is 3.89. The predicted octanol–water partition coefficient (Wildman–Crippen LogP) is -5.98. The molecular formula is C2H8Li2O8. The Morgan fingerprint density at radius 1 is 0.583 bits per heavy atom. The van der Waals surface area contributed by atoms with E-state index in [2.05, 4.69) is 40.0 Å². The molecule has 12 heavy (non-hydrogen) atoms. The van der Waals surface area contributed by atoms with Gasteiger partial charge in [0.2, 0.25) is 0 Å². The molecule has 0 spiro atoms. The van der Waals surface area contributed by atoms with Gasteiger partial charge in [0.05, 0.1) is 14.2 Å². The molecule has 0 rings (SSSR count). The van der Waals surface area contributed by atoms with Crippen LogP contribution in [-0.2, 0) is 40.0 Å². The van der Waals surface area contributed by atoms with Gasteiger partial charge >= 0.3 is 37.7 Å². The SMILES string of the molecule is COOOOOOOOC.[H-].[H-].[Li+].[Li+]. The minimum Gasteiger partial charge on any atom is -1.00 e. The smallest absolute Gasteiger partial charge is 1.00 e. The van der Waals surface area contributed by atoms with Crippen LogP contribution in [0.25, 0.3) is 0 Å². The first kappa shape index (κ1) is 18.6. The second kappa shape index (κ2) is 17.8. The Hall–Kier alpha value is 0.875. The third-order valence-electron chi connectivity index (χ3n) is 0.275. The van der Waals surface area contributed by atoms with Crippen molar-refractivity contribution in [3.8, 4) is 0 Å². The molecule has 0 aliphatic rings. The van der Waals surface area contributed by atoms with Crippen LogP contribution in [0.5, 0.6) is 0 Å². The van der Waals surface area contributed by atoms with E-state index in [1.807, 2.05) is 0 Å². The van der Waals surface area contributed by atoms with Crippen LogP contribution in [0.2, 0.25) is 0 Å². The van der Waals surface area contributed by atoms with Crippen molar-refractivity contribution < 1.29 is 80.6 Å². The van der Waals surface area contributed by atoms with Crippen LogP contribution in [-0.4, -0.2) is 14.2 Å². The van der Waals surface area contributed by atoms with Crippen molar-refractivity contribution in [3.63, 3.8) is 0 Å². The van der Waals surface area contributed by atoms with E-state index in [4.69, 9.17) is 0 Å². The minimum absolute atomic E-state index is 0.